The van der Waals surface area contributed by atoms with Gasteiger partial charge < -0.3 is 9.84 Å². The smallest absolute Gasteiger partial charge is 0.147 e. The molecule has 2 aromatic heterocycles. The lowest BCUT2D eigenvalue weighted by atomic mass is 10.0. The van der Waals surface area contributed by atoms with Crippen LogP contribution in [-0.2, 0) is 5.60 Å². The second-order valence-corrected chi connectivity index (χ2v) is 7.04. The van der Waals surface area contributed by atoms with Crippen LogP contribution in [0, 0.1) is 5.92 Å². The Balaban J connectivity index is 1.99. The maximum Gasteiger partial charge on any atom is 0.147 e. The Kier molecular flexibility index (Phi) is 4.19. The van der Waals surface area contributed by atoms with Crippen molar-refractivity contribution >= 4 is 15.9 Å². The summed E-state index contributed by atoms with van der Waals surface area (Å²) in [6.07, 6.45) is 4.21. The molecule has 2 heterocycles. The van der Waals surface area contributed by atoms with E-state index in [1.165, 1.54) is 12.8 Å². The normalized spacial score (nSPS) is 14.9. The molecule has 116 valence electrons. The Morgan fingerprint density at radius 1 is 1.27 bits per heavy atom. The van der Waals surface area contributed by atoms with Gasteiger partial charge in [0.15, 0.2) is 0 Å². The third-order valence-electron chi connectivity index (χ3n) is 3.64. The van der Waals surface area contributed by atoms with Gasteiger partial charge in [-0.15, -0.1) is 0 Å². The van der Waals surface area contributed by atoms with Gasteiger partial charge in [-0.2, -0.15) is 0 Å². The van der Waals surface area contributed by atoms with E-state index in [2.05, 4.69) is 25.9 Å². The van der Waals surface area contributed by atoms with Crippen LogP contribution in [0.4, 0.5) is 0 Å². The lowest BCUT2D eigenvalue weighted by molar-refractivity contribution is 0.0739. The van der Waals surface area contributed by atoms with Crippen LogP contribution < -0.4 is 4.74 Å². The minimum Gasteiger partial charge on any atom is -0.491 e. The van der Waals surface area contributed by atoms with E-state index in [0.29, 0.717) is 23.0 Å². The number of halogens is 1. The first kappa shape index (κ1) is 15.4. The van der Waals surface area contributed by atoms with Gasteiger partial charge in [0.05, 0.1) is 12.3 Å². The zero-order valence-corrected chi connectivity index (χ0v) is 14.3. The van der Waals surface area contributed by atoms with Crippen LogP contribution in [0.3, 0.4) is 0 Å². The Labute approximate surface area is 138 Å². The predicted octanol–water partition coefficient (Wildman–Crippen LogP) is 3.92. The van der Waals surface area contributed by atoms with Gasteiger partial charge in [0, 0.05) is 10.7 Å². The van der Waals surface area contributed by atoms with Gasteiger partial charge in [0.25, 0.3) is 0 Å². The molecule has 5 heteroatoms. The number of rotatable bonds is 5. The first-order valence-corrected chi connectivity index (χ1v) is 8.22. The molecule has 0 aliphatic heterocycles. The number of nitrogens with zero attached hydrogens (tertiary/aromatic N) is 2. The van der Waals surface area contributed by atoms with Crippen molar-refractivity contribution in [2.45, 2.75) is 32.3 Å². The zero-order valence-electron chi connectivity index (χ0n) is 12.7. The summed E-state index contributed by atoms with van der Waals surface area (Å²) in [5.74, 6) is 1.41. The number of aliphatic hydroxyl groups is 1. The largest absolute Gasteiger partial charge is 0.491 e. The molecule has 2 aromatic rings. The molecule has 1 aliphatic rings. The van der Waals surface area contributed by atoms with Crippen molar-refractivity contribution in [3.8, 4) is 17.1 Å². The van der Waals surface area contributed by atoms with Crippen molar-refractivity contribution in [1.82, 2.24) is 9.97 Å². The van der Waals surface area contributed by atoms with Gasteiger partial charge in [-0.25, -0.2) is 4.98 Å². The number of hydrogen-bond acceptors (Lipinski definition) is 4. The van der Waals surface area contributed by atoms with Crippen molar-refractivity contribution in [3.05, 3.63) is 40.6 Å². The average molecular weight is 363 g/mol. The molecule has 0 saturated heterocycles. The van der Waals surface area contributed by atoms with E-state index in [0.717, 1.165) is 16.8 Å². The standard InChI is InChI=1S/C17H19BrN2O2/c1-17(2,21)14-8-7-12(18)15(20-14)16-13(4-3-9-19-16)22-10-11-5-6-11/h3-4,7-9,11,21H,5-6,10H2,1-2H3. The van der Waals surface area contributed by atoms with Gasteiger partial charge in [-0.3, -0.25) is 4.98 Å². The highest BCUT2D eigenvalue weighted by Gasteiger charge is 2.24. The molecule has 1 N–H and O–H groups in total. The van der Waals surface area contributed by atoms with Gasteiger partial charge in [-0.05, 0) is 72.8 Å². The van der Waals surface area contributed by atoms with Crippen molar-refractivity contribution < 1.29 is 9.84 Å². The molecule has 0 spiro atoms. The summed E-state index contributed by atoms with van der Waals surface area (Å²) >= 11 is 3.52. The molecule has 1 saturated carbocycles. The van der Waals surface area contributed by atoms with Crippen molar-refractivity contribution in [1.29, 1.82) is 0 Å². The second-order valence-electron chi connectivity index (χ2n) is 6.19. The lowest BCUT2D eigenvalue weighted by Crippen LogP contribution is -2.17. The first-order chi connectivity index (χ1) is 10.4. The van der Waals surface area contributed by atoms with Crippen molar-refractivity contribution in [3.63, 3.8) is 0 Å². The highest BCUT2D eigenvalue weighted by atomic mass is 79.9. The molecular weight excluding hydrogens is 344 g/mol. The lowest BCUT2D eigenvalue weighted by Gasteiger charge is -2.18. The van der Waals surface area contributed by atoms with E-state index in [1.807, 2.05) is 18.2 Å². The van der Waals surface area contributed by atoms with E-state index in [4.69, 9.17) is 4.74 Å². The summed E-state index contributed by atoms with van der Waals surface area (Å²) in [5.41, 5.74) is 0.982. The molecule has 0 aromatic carbocycles. The molecule has 4 nitrogen and oxygen atoms in total. The zero-order chi connectivity index (χ0) is 15.7. The highest BCUT2D eigenvalue weighted by Crippen LogP contribution is 2.35. The SMILES string of the molecule is CC(C)(O)c1ccc(Br)c(-c2ncccc2OCC2CC2)n1. The number of ether oxygens (including phenoxy) is 1. The fourth-order valence-electron chi connectivity index (χ4n) is 2.13. The van der Waals surface area contributed by atoms with Crippen LogP contribution in [0.25, 0.3) is 11.4 Å². The second kappa shape index (κ2) is 5.97. The Morgan fingerprint density at radius 2 is 2.05 bits per heavy atom. The van der Waals surface area contributed by atoms with Crippen LogP contribution in [0.2, 0.25) is 0 Å². The van der Waals surface area contributed by atoms with Crippen molar-refractivity contribution in [2.24, 2.45) is 5.92 Å². The molecule has 1 fully saturated rings. The van der Waals surface area contributed by atoms with E-state index >= 15 is 0 Å². The molecule has 0 bridgehead atoms. The third kappa shape index (κ3) is 3.47. The Bertz CT molecular complexity index is 679. The maximum absolute atomic E-state index is 10.2. The molecule has 0 radical (unpaired) electrons. The summed E-state index contributed by atoms with van der Waals surface area (Å²) < 4.78 is 6.74. The van der Waals surface area contributed by atoms with E-state index in [1.54, 1.807) is 26.1 Å². The number of pyridine rings is 2. The molecule has 1 aliphatic carbocycles. The van der Waals surface area contributed by atoms with Crippen LogP contribution in [0.5, 0.6) is 5.75 Å². The Hall–Kier alpha value is -1.46. The summed E-state index contributed by atoms with van der Waals surface area (Å²) in [6, 6.07) is 7.46. The molecular formula is C17H19BrN2O2. The van der Waals surface area contributed by atoms with Crippen LogP contribution in [0.15, 0.2) is 34.9 Å². The number of hydrogen-bond donors (Lipinski definition) is 1. The van der Waals surface area contributed by atoms with Crippen LogP contribution >= 0.6 is 15.9 Å². The number of aromatic nitrogens is 2. The summed E-state index contributed by atoms with van der Waals surface area (Å²) in [4.78, 5) is 9.01. The Morgan fingerprint density at radius 3 is 2.73 bits per heavy atom. The average Bonchev–Trinajstić information content (AvgIpc) is 3.29. The van der Waals surface area contributed by atoms with Crippen molar-refractivity contribution in [2.75, 3.05) is 6.61 Å². The quantitative estimate of drug-likeness (QED) is 0.875. The minimum absolute atomic E-state index is 0.601. The van der Waals surface area contributed by atoms with Crippen LogP contribution in [-0.4, -0.2) is 21.7 Å². The summed E-state index contributed by atoms with van der Waals surface area (Å²) in [7, 11) is 0. The fourth-order valence-corrected chi connectivity index (χ4v) is 2.53. The predicted molar refractivity (Wildman–Crippen MR) is 88.6 cm³/mol. The molecule has 0 amide bonds. The summed E-state index contributed by atoms with van der Waals surface area (Å²) in [6.45, 7) is 4.16. The molecule has 0 atom stereocenters. The first-order valence-electron chi connectivity index (χ1n) is 7.43. The topological polar surface area (TPSA) is 55.2 Å². The molecule has 3 rings (SSSR count). The van der Waals surface area contributed by atoms with Gasteiger partial charge in [0.1, 0.15) is 22.7 Å². The summed E-state index contributed by atoms with van der Waals surface area (Å²) in [5, 5.41) is 10.2. The van der Waals surface area contributed by atoms with Crippen LogP contribution in [0.1, 0.15) is 32.4 Å². The minimum atomic E-state index is -1.00. The van der Waals surface area contributed by atoms with E-state index in [9.17, 15) is 5.11 Å². The monoisotopic (exact) mass is 362 g/mol. The van der Waals surface area contributed by atoms with Gasteiger partial charge in [0.2, 0.25) is 0 Å². The van der Waals surface area contributed by atoms with Gasteiger partial charge >= 0.3 is 0 Å². The fraction of sp³-hybridized carbons (Fsp3) is 0.412. The maximum atomic E-state index is 10.2. The van der Waals surface area contributed by atoms with Gasteiger partial charge in [-0.1, -0.05) is 0 Å². The third-order valence-corrected chi connectivity index (χ3v) is 4.28. The van der Waals surface area contributed by atoms with E-state index < -0.39 is 5.60 Å². The van der Waals surface area contributed by atoms with E-state index in [-0.39, 0.29) is 0 Å². The highest BCUT2D eigenvalue weighted by molar-refractivity contribution is 9.10. The molecule has 0 unspecified atom stereocenters. The molecule has 22 heavy (non-hydrogen) atoms.